The van der Waals surface area contributed by atoms with Crippen molar-refractivity contribution < 1.29 is 8.78 Å². The number of nitrogens with zero attached hydrogens (tertiary/aromatic N) is 3. The van der Waals surface area contributed by atoms with Crippen LogP contribution in [-0.2, 0) is 0 Å². The number of nitrogens with one attached hydrogen (secondary N) is 1. The van der Waals surface area contributed by atoms with Crippen molar-refractivity contribution in [3.63, 3.8) is 0 Å². The summed E-state index contributed by atoms with van der Waals surface area (Å²) in [5.41, 5.74) is 6.43. The normalized spacial score (nSPS) is 13.0. The van der Waals surface area contributed by atoms with Crippen LogP contribution in [0.5, 0.6) is 0 Å². The fraction of sp³-hybridized carbons (Fsp3) is 0.222. The van der Waals surface area contributed by atoms with Crippen LogP contribution in [0.25, 0.3) is 0 Å². The van der Waals surface area contributed by atoms with E-state index in [1.807, 2.05) is 0 Å². The van der Waals surface area contributed by atoms with Crippen molar-refractivity contribution in [3.05, 3.63) is 41.2 Å². The van der Waals surface area contributed by atoms with E-state index in [-0.39, 0.29) is 5.56 Å². The summed E-state index contributed by atoms with van der Waals surface area (Å²) >= 11 is 0. The molecule has 5 nitrogen and oxygen atoms in total. The molecule has 1 aromatic carbocycles. The van der Waals surface area contributed by atoms with Gasteiger partial charge in [0.15, 0.2) is 5.82 Å². The van der Waals surface area contributed by atoms with Gasteiger partial charge >= 0.3 is 0 Å². The van der Waals surface area contributed by atoms with Crippen LogP contribution in [0, 0.1) is 0 Å². The van der Waals surface area contributed by atoms with Gasteiger partial charge in [0, 0.05) is 5.56 Å². The zero-order chi connectivity index (χ0) is 11.5. The van der Waals surface area contributed by atoms with Crippen molar-refractivity contribution >= 4 is 0 Å². The van der Waals surface area contributed by atoms with E-state index < -0.39 is 12.5 Å². The molecule has 0 fully saturated rings. The first-order valence-corrected chi connectivity index (χ1v) is 4.55. The van der Waals surface area contributed by atoms with Crippen molar-refractivity contribution in [2.75, 3.05) is 0 Å². The second-order valence-electron chi connectivity index (χ2n) is 3.22. The summed E-state index contributed by atoms with van der Waals surface area (Å²) in [5, 5.41) is 13.1. The molecule has 0 amide bonds. The second-order valence-corrected chi connectivity index (χ2v) is 3.22. The van der Waals surface area contributed by atoms with Gasteiger partial charge in [0.1, 0.15) is 0 Å². The van der Waals surface area contributed by atoms with E-state index in [4.69, 9.17) is 5.73 Å². The fourth-order valence-corrected chi connectivity index (χ4v) is 1.30. The first-order chi connectivity index (χ1) is 7.68. The molecule has 1 heterocycles. The molecule has 1 unspecified atom stereocenters. The summed E-state index contributed by atoms with van der Waals surface area (Å²) in [6, 6.07) is 5.16. The number of alkyl halides is 2. The van der Waals surface area contributed by atoms with Crippen molar-refractivity contribution in [1.82, 2.24) is 20.6 Å². The van der Waals surface area contributed by atoms with Crippen molar-refractivity contribution in [3.8, 4) is 0 Å². The Morgan fingerprint density at radius 2 is 1.75 bits per heavy atom. The van der Waals surface area contributed by atoms with Crippen molar-refractivity contribution in [2.45, 2.75) is 12.5 Å². The Morgan fingerprint density at radius 3 is 2.25 bits per heavy atom. The van der Waals surface area contributed by atoms with Crippen LogP contribution >= 0.6 is 0 Å². The van der Waals surface area contributed by atoms with Gasteiger partial charge in [0.05, 0.1) is 6.04 Å². The van der Waals surface area contributed by atoms with E-state index in [9.17, 15) is 8.78 Å². The molecular formula is C9H9F2N5. The molecule has 2 rings (SSSR count). The first-order valence-electron chi connectivity index (χ1n) is 4.55. The van der Waals surface area contributed by atoms with E-state index in [0.29, 0.717) is 11.4 Å². The minimum absolute atomic E-state index is 0.0379. The zero-order valence-electron chi connectivity index (χ0n) is 8.14. The van der Waals surface area contributed by atoms with Gasteiger partial charge < -0.3 is 5.73 Å². The Balaban J connectivity index is 2.22. The van der Waals surface area contributed by atoms with Gasteiger partial charge in [-0.3, -0.25) is 0 Å². The maximum Gasteiger partial charge on any atom is 0.263 e. The minimum Gasteiger partial charge on any atom is -0.318 e. The first kappa shape index (κ1) is 10.6. The molecule has 3 N–H and O–H groups in total. The zero-order valence-corrected chi connectivity index (χ0v) is 8.14. The highest BCUT2D eigenvalue weighted by Crippen LogP contribution is 2.21. The molecule has 84 valence electrons. The van der Waals surface area contributed by atoms with Gasteiger partial charge in [0.2, 0.25) is 0 Å². The van der Waals surface area contributed by atoms with Crippen LogP contribution in [0.15, 0.2) is 24.3 Å². The van der Waals surface area contributed by atoms with Crippen LogP contribution in [0.2, 0.25) is 0 Å². The third-order valence-electron chi connectivity index (χ3n) is 2.19. The van der Waals surface area contributed by atoms with E-state index >= 15 is 0 Å². The number of aromatic amines is 1. The molecule has 0 aliphatic rings. The maximum atomic E-state index is 12.3. The lowest BCUT2D eigenvalue weighted by atomic mass is 10.1. The van der Waals surface area contributed by atoms with Crippen LogP contribution in [-0.4, -0.2) is 20.6 Å². The Morgan fingerprint density at radius 1 is 1.12 bits per heavy atom. The SMILES string of the molecule is NC(c1ccc(C(F)F)cc1)c1nn[nH]n1. The van der Waals surface area contributed by atoms with Gasteiger partial charge in [-0.1, -0.05) is 29.5 Å². The van der Waals surface area contributed by atoms with Crippen molar-refractivity contribution in [2.24, 2.45) is 5.73 Å². The summed E-state index contributed by atoms with van der Waals surface area (Å²) < 4.78 is 24.6. The summed E-state index contributed by atoms with van der Waals surface area (Å²) in [4.78, 5) is 0. The number of hydrogen-bond acceptors (Lipinski definition) is 4. The van der Waals surface area contributed by atoms with Crippen LogP contribution in [0.4, 0.5) is 8.78 Å². The van der Waals surface area contributed by atoms with Crippen LogP contribution < -0.4 is 5.73 Å². The monoisotopic (exact) mass is 225 g/mol. The largest absolute Gasteiger partial charge is 0.318 e. The number of aromatic nitrogens is 4. The molecular weight excluding hydrogens is 216 g/mol. The molecule has 16 heavy (non-hydrogen) atoms. The Bertz CT molecular complexity index is 439. The molecule has 0 spiro atoms. The molecule has 0 bridgehead atoms. The number of nitrogens with two attached hydrogens (primary N) is 1. The minimum atomic E-state index is -2.48. The van der Waals surface area contributed by atoms with E-state index in [0.717, 1.165) is 0 Å². The molecule has 1 atom stereocenters. The number of tetrazole rings is 1. The summed E-state index contributed by atoms with van der Waals surface area (Å²) in [6.45, 7) is 0. The molecule has 2 aromatic rings. The molecule has 1 aromatic heterocycles. The van der Waals surface area contributed by atoms with Crippen LogP contribution in [0.1, 0.15) is 29.4 Å². The highest BCUT2D eigenvalue weighted by Gasteiger charge is 2.14. The van der Waals surface area contributed by atoms with Crippen LogP contribution in [0.3, 0.4) is 0 Å². The smallest absolute Gasteiger partial charge is 0.263 e. The van der Waals surface area contributed by atoms with Gasteiger partial charge in [-0.05, 0) is 5.56 Å². The number of rotatable bonds is 3. The summed E-state index contributed by atoms with van der Waals surface area (Å²) in [6.07, 6.45) is -2.48. The maximum absolute atomic E-state index is 12.3. The lowest BCUT2D eigenvalue weighted by Gasteiger charge is -2.08. The second kappa shape index (κ2) is 4.31. The fourth-order valence-electron chi connectivity index (χ4n) is 1.30. The molecule has 0 aliphatic carbocycles. The van der Waals surface area contributed by atoms with Crippen molar-refractivity contribution in [1.29, 1.82) is 0 Å². The van der Waals surface area contributed by atoms with E-state index in [1.54, 1.807) is 0 Å². The topological polar surface area (TPSA) is 80.5 Å². The molecule has 0 saturated heterocycles. The standard InChI is InChI=1S/C9H9F2N5/c10-8(11)6-3-1-5(2-4-6)7(12)9-13-15-16-14-9/h1-4,7-8H,12H2,(H,13,14,15,16). The predicted molar refractivity (Wildman–Crippen MR) is 51.6 cm³/mol. The average molecular weight is 225 g/mol. The third-order valence-corrected chi connectivity index (χ3v) is 2.19. The Hall–Kier alpha value is -1.89. The predicted octanol–water partition coefficient (Wildman–Crippen LogP) is 1.19. The highest BCUT2D eigenvalue weighted by atomic mass is 19.3. The quantitative estimate of drug-likeness (QED) is 0.822. The number of benzene rings is 1. The average Bonchev–Trinajstić information content (AvgIpc) is 2.81. The van der Waals surface area contributed by atoms with Gasteiger partial charge in [0.25, 0.3) is 6.43 Å². The summed E-state index contributed by atoms with van der Waals surface area (Å²) in [5.74, 6) is 0.324. The lowest BCUT2D eigenvalue weighted by Crippen LogP contribution is -2.13. The lowest BCUT2D eigenvalue weighted by molar-refractivity contribution is 0.151. The number of halogens is 2. The molecule has 0 saturated carbocycles. The van der Waals surface area contributed by atoms with Gasteiger partial charge in [-0.25, -0.2) is 8.78 Å². The molecule has 0 radical (unpaired) electrons. The Labute approximate surface area is 89.7 Å². The van der Waals surface area contributed by atoms with Gasteiger partial charge in [-0.2, -0.15) is 5.21 Å². The molecule has 7 heteroatoms. The van der Waals surface area contributed by atoms with E-state index in [2.05, 4.69) is 20.6 Å². The third kappa shape index (κ3) is 2.03. The molecule has 0 aliphatic heterocycles. The number of hydrogen-bond donors (Lipinski definition) is 2. The Kier molecular flexibility index (Phi) is 2.86. The van der Waals surface area contributed by atoms with E-state index in [1.165, 1.54) is 24.3 Å². The summed E-state index contributed by atoms with van der Waals surface area (Å²) in [7, 11) is 0. The number of H-pyrrole nitrogens is 1. The highest BCUT2D eigenvalue weighted by molar-refractivity contribution is 5.28. The van der Waals surface area contributed by atoms with Gasteiger partial charge in [-0.15, -0.1) is 10.2 Å².